The highest BCUT2D eigenvalue weighted by molar-refractivity contribution is 7.89. The fourth-order valence-corrected chi connectivity index (χ4v) is 4.41. The van der Waals surface area contributed by atoms with Crippen LogP contribution in [0.5, 0.6) is 5.75 Å². The van der Waals surface area contributed by atoms with Crippen LogP contribution in [0, 0.1) is 0 Å². The molecule has 1 aliphatic rings. The Kier molecular flexibility index (Phi) is 6.01. The molecule has 1 heterocycles. The van der Waals surface area contributed by atoms with E-state index in [0.29, 0.717) is 18.9 Å². The largest absolute Gasteiger partial charge is 0.573 e. The topological polar surface area (TPSA) is 49.9 Å². The van der Waals surface area contributed by atoms with Crippen LogP contribution in [0.1, 0.15) is 26.7 Å². The molecule has 1 aliphatic heterocycles. The van der Waals surface area contributed by atoms with Crippen molar-refractivity contribution in [3.8, 4) is 5.75 Å². The van der Waals surface area contributed by atoms with E-state index in [1.54, 1.807) is 0 Å². The van der Waals surface area contributed by atoms with E-state index in [4.69, 9.17) is 0 Å². The minimum atomic E-state index is -4.86. The minimum absolute atomic E-state index is 0.174. The van der Waals surface area contributed by atoms with Gasteiger partial charge in [-0.1, -0.05) is 6.07 Å². The van der Waals surface area contributed by atoms with Crippen molar-refractivity contribution in [3.05, 3.63) is 24.3 Å². The van der Waals surface area contributed by atoms with E-state index in [1.165, 1.54) is 23.5 Å². The second-order valence-corrected chi connectivity index (χ2v) is 8.40. The van der Waals surface area contributed by atoms with Crippen LogP contribution in [-0.4, -0.2) is 56.2 Å². The van der Waals surface area contributed by atoms with Crippen LogP contribution >= 0.6 is 0 Å². The Bertz CT molecular complexity index is 684. The average molecular weight is 380 g/mol. The third-order valence-corrected chi connectivity index (χ3v) is 6.37. The molecule has 2 rings (SSSR count). The van der Waals surface area contributed by atoms with Crippen molar-refractivity contribution in [1.29, 1.82) is 0 Å². The van der Waals surface area contributed by atoms with Gasteiger partial charge in [-0.15, -0.1) is 13.2 Å². The number of hydrogen-bond donors (Lipinski definition) is 0. The first-order valence-electron chi connectivity index (χ1n) is 8.08. The van der Waals surface area contributed by atoms with Gasteiger partial charge in [0, 0.05) is 25.2 Å². The molecule has 0 aliphatic carbocycles. The second-order valence-electron chi connectivity index (χ2n) is 6.40. The van der Waals surface area contributed by atoms with Crippen molar-refractivity contribution in [2.45, 2.75) is 50.0 Å². The Balaban J connectivity index is 2.14. The lowest BCUT2D eigenvalue weighted by Crippen LogP contribution is -2.47. The summed E-state index contributed by atoms with van der Waals surface area (Å²) < 4.78 is 67.6. The van der Waals surface area contributed by atoms with Gasteiger partial charge in [-0.05, 0) is 51.9 Å². The van der Waals surface area contributed by atoms with Crippen LogP contribution in [0.15, 0.2) is 29.2 Å². The van der Waals surface area contributed by atoms with Gasteiger partial charge in [0.2, 0.25) is 10.0 Å². The van der Waals surface area contributed by atoms with Crippen molar-refractivity contribution in [1.82, 2.24) is 9.21 Å². The molecule has 25 heavy (non-hydrogen) atoms. The van der Waals surface area contributed by atoms with Crippen molar-refractivity contribution >= 4 is 10.0 Å². The number of halogens is 3. The zero-order chi connectivity index (χ0) is 18.8. The normalized spacial score (nSPS) is 18.1. The van der Waals surface area contributed by atoms with Crippen LogP contribution in [-0.2, 0) is 10.0 Å². The fraction of sp³-hybridized carbons (Fsp3) is 0.625. The highest BCUT2D eigenvalue weighted by Crippen LogP contribution is 2.28. The third kappa shape index (κ3) is 5.08. The Labute approximate surface area is 146 Å². The molecule has 0 atom stereocenters. The first-order valence-corrected chi connectivity index (χ1v) is 9.52. The maximum Gasteiger partial charge on any atom is 0.573 e. The van der Waals surface area contributed by atoms with E-state index in [1.807, 2.05) is 0 Å². The van der Waals surface area contributed by atoms with Crippen LogP contribution in [0.25, 0.3) is 0 Å². The summed E-state index contributed by atoms with van der Waals surface area (Å²) in [5.41, 5.74) is 0. The summed E-state index contributed by atoms with van der Waals surface area (Å²) in [6.45, 7) is 5.76. The molecule has 0 radical (unpaired) electrons. The Morgan fingerprint density at radius 3 is 2.36 bits per heavy atom. The number of piperidine rings is 1. The fourth-order valence-electron chi connectivity index (χ4n) is 2.96. The SMILES string of the molecule is CC(C)N1CCC(N(C)S(=O)(=O)c2cccc(OC(F)(F)F)c2)CC1. The minimum Gasteiger partial charge on any atom is -0.406 e. The number of benzene rings is 1. The first kappa shape index (κ1) is 20.0. The quantitative estimate of drug-likeness (QED) is 0.788. The molecule has 0 unspecified atom stereocenters. The summed E-state index contributed by atoms with van der Waals surface area (Å²) in [6, 6.07) is 4.73. The van der Waals surface area contributed by atoms with Gasteiger partial charge >= 0.3 is 6.36 Å². The van der Waals surface area contributed by atoms with Crippen LogP contribution in [0.4, 0.5) is 13.2 Å². The molecular weight excluding hydrogens is 357 g/mol. The molecule has 1 aromatic carbocycles. The van der Waals surface area contributed by atoms with E-state index in [-0.39, 0.29) is 10.9 Å². The molecule has 0 spiro atoms. The molecule has 0 aromatic heterocycles. The molecule has 1 saturated heterocycles. The molecule has 0 saturated carbocycles. The summed E-state index contributed by atoms with van der Waals surface area (Å²) in [6.07, 6.45) is -3.49. The number of alkyl halides is 3. The predicted octanol–water partition coefficient (Wildman–Crippen LogP) is 3.08. The zero-order valence-corrected chi connectivity index (χ0v) is 15.3. The Morgan fingerprint density at radius 2 is 1.84 bits per heavy atom. The van der Waals surface area contributed by atoms with Gasteiger partial charge in [0.15, 0.2) is 0 Å². The molecule has 1 fully saturated rings. The van der Waals surface area contributed by atoms with Crippen LogP contribution in [0.3, 0.4) is 0 Å². The van der Waals surface area contributed by atoms with Crippen LogP contribution in [0.2, 0.25) is 0 Å². The summed E-state index contributed by atoms with van der Waals surface area (Å²) in [5.74, 6) is -0.545. The van der Waals surface area contributed by atoms with E-state index in [2.05, 4.69) is 23.5 Å². The summed E-state index contributed by atoms with van der Waals surface area (Å²) in [7, 11) is -2.41. The van der Waals surface area contributed by atoms with Gasteiger partial charge in [-0.3, -0.25) is 0 Å². The van der Waals surface area contributed by atoms with E-state index in [9.17, 15) is 21.6 Å². The Hall–Kier alpha value is -1.32. The molecule has 5 nitrogen and oxygen atoms in total. The maximum absolute atomic E-state index is 12.7. The van der Waals surface area contributed by atoms with Gasteiger partial charge in [0.1, 0.15) is 5.75 Å². The first-order chi connectivity index (χ1) is 11.5. The van der Waals surface area contributed by atoms with Crippen molar-refractivity contribution in [3.63, 3.8) is 0 Å². The van der Waals surface area contributed by atoms with Gasteiger partial charge in [-0.2, -0.15) is 4.31 Å². The number of nitrogens with zero attached hydrogens (tertiary/aromatic N) is 2. The molecule has 1 aromatic rings. The van der Waals surface area contributed by atoms with Crippen LogP contribution < -0.4 is 4.74 Å². The molecule has 0 bridgehead atoms. The number of hydrogen-bond acceptors (Lipinski definition) is 4. The number of ether oxygens (including phenoxy) is 1. The van der Waals surface area contributed by atoms with Gasteiger partial charge in [-0.25, -0.2) is 8.42 Å². The monoisotopic (exact) mass is 380 g/mol. The highest BCUT2D eigenvalue weighted by Gasteiger charge is 2.33. The second kappa shape index (κ2) is 7.51. The lowest BCUT2D eigenvalue weighted by atomic mass is 10.0. The van der Waals surface area contributed by atoms with Crippen molar-refractivity contribution in [2.75, 3.05) is 20.1 Å². The predicted molar refractivity (Wildman–Crippen MR) is 87.8 cm³/mol. The van der Waals surface area contributed by atoms with E-state index < -0.39 is 22.1 Å². The Morgan fingerprint density at radius 1 is 1.24 bits per heavy atom. The van der Waals surface area contributed by atoms with Crippen molar-refractivity contribution in [2.24, 2.45) is 0 Å². The highest BCUT2D eigenvalue weighted by atomic mass is 32.2. The third-order valence-electron chi connectivity index (χ3n) is 4.46. The standard InChI is InChI=1S/C16H23F3N2O3S/c1-12(2)21-9-7-13(8-10-21)20(3)25(22,23)15-6-4-5-14(11-15)24-16(17,18)19/h4-6,11-13H,7-10H2,1-3H3. The molecule has 0 amide bonds. The molecule has 142 valence electrons. The smallest absolute Gasteiger partial charge is 0.406 e. The maximum atomic E-state index is 12.7. The summed E-state index contributed by atoms with van der Waals surface area (Å²) >= 11 is 0. The summed E-state index contributed by atoms with van der Waals surface area (Å²) in [5, 5.41) is 0. The molecular formula is C16H23F3N2O3S. The van der Waals surface area contributed by atoms with E-state index >= 15 is 0 Å². The van der Waals surface area contributed by atoms with Gasteiger partial charge in [0.25, 0.3) is 0 Å². The zero-order valence-electron chi connectivity index (χ0n) is 14.5. The molecule has 0 N–H and O–H groups in total. The number of rotatable bonds is 5. The summed E-state index contributed by atoms with van der Waals surface area (Å²) in [4.78, 5) is 2.07. The van der Waals surface area contributed by atoms with Crippen molar-refractivity contribution < 1.29 is 26.3 Å². The number of likely N-dealkylation sites (tertiary alicyclic amines) is 1. The lowest BCUT2D eigenvalue weighted by molar-refractivity contribution is -0.274. The lowest BCUT2D eigenvalue weighted by Gasteiger charge is -2.38. The number of sulfonamides is 1. The van der Waals surface area contributed by atoms with Gasteiger partial charge in [0.05, 0.1) is 4.90 Å². The van der Waals surface area contributed by atoms with E-state index in [0.717, 1.165) is 25.2 Å². The molecule has 9 heteroatoms. The van der Waals surface area contributed by atoms with Gasteiger partial charge < -0.3 is 9.64 Å². The average Bonchev–Trinajstić information content (AvgIpc) is 2.53.